The van der Waals surface area contributed by atoms with Crippen LogP contribution >= 0.6 is 0 Å². The summed E-state index contributed by atoms with van der Waals surface area (Å²) in [5.41, 5.74) is 2.32. The third-order valence-electron chi connectivity index (χ3n) is 2.73. The molecule has 7 heteroatoms. The van der Waals surface area contributed by atoms with E-state index in [0.717, 1.165) is 11.3 Å². The maximum Gasteiger partial charge on any atom is 0.323 e. The molecular weight excluding hydrogens is 268 g/mol. The second-order valence-electron chi connectivity index (χ2n) is 4.21. The van der Waals surface area contributed by atoms with Gasteiger partial charge in [-0.1, -0.05) is 6.07 Å². The quantitative estimate of drug-likeness (QED) is 0.869. The van der Waals surface area contributed by atoms with E-state index in [4.69, 9.17) is 10.00 Å². The van der Waals surface area contributed by atoms with E-state index in [1.54, 1.807) is 19.2 Å². The summed E-state index contributed by atoms with van der Waals surface area (Å²) in [4.78, 5) is 12.5. The second-order valence-corrected chi connectivity index (χ2v) is 4.21. The van der Waals surface area contributed by atoms with Gasteiger partial charge in [0.2, 0.25) is 11.9 Å². The van der Waals surface area contributed by atoms with Crippen LogP contribution < -0.4 is 15.4 Å². The van der Waals surface area contributed by atoms with Gasteiger partial charge in [0.05, 0.1) is 18.2 Å². The van der Waals surface area contributed by atoms with E-state index >= 15 is 0 Å². The number of rotatable bonds is 5. The molecule has 7 nitrogen and oxygen atoms in total. The highest BCUT2D eigenvalue weighted by Gasteiger charge is 2.08. The van der Waals surface area contributed by atoms with Gasteiger partial charge in [0, 0.05) is 12.7 Å². The topological polar surface area (TPSA) is 95.8 Å². The molecule has 0 atom stereocenters. The zero-order chi connectivity index (χ0) is 15.2. The van der Waals surface area contributed by atoms with Crippen LogP contribution in [0.1, 0.15) is 18.1 Å². The van der Waals surface area contributed by atoms with E-state index in [9.17, 15) is 0 Å². The van der Waals surface area contributed by atoms with Gasteiger partial charge >= 0.3 is 6.01 Å². The van der Waals surface area contributed by atoms with E-state index < -0.39 is 0 Å². The molecule has 2 N–H and O–H groups in total. The van der Waals surface area contributed by atoms with E-state index in [0.29, 0.717) is 24.1 Å². The van der Waals surface area contributed by atoms with Crippen LogP contribution in [-0.4, -0.2) is 28.6 Å². The highest BCUT2D eigenvalue weighted by molar-refractivity contribution is 5.61. The number of nitriles is 1. The van der Waals surface area contributed by atoms with Crippen LogP contribution in [0.3, 0.4) is 0 Å². The van der Waals surface area contributed by atoms with Crippen molar-refractivity contribution in [2.45, 2.75) is 13.8 Å². The fourth-order valence-corrected chi connectivity index (χ4v) is 1.66. The predicted octanol–water partition coefficient (Wildman–Crippen LogP) is 2.24. The molecule has 108 valence electrons. The molecule has 0 bridgehead atoms. The second kappa shape index (κ2) is 6.52. The fraction of sp³-hybridized carbons (Fsp3) is 0.286. The number of nitrogens with zero attached hydrogens (tertiary/aromatic N) is 4. The molecule has 0 radical (unpaired) electrons. The van der Waals surface area contributed by atoms with Gasteiger partial charge in [-0.2, -0.15) is 20.2 Å². The smallest absolute Gasteiger partial charge is 0.323 e. The number of ether oxygens (including phenoxy) is 1. The van der Waals surface area contributed by atoms with Crippen molar-refractivity contribution in [3.8, 4) is 12.1 Å². The Kier molecular flexibility index (Phi) is 4.51. The Bertz CT molecular complexity index is 680. The van der Waals surface area contributed by atoms with Crippen molar-refractivity contribution < 1.29 is 4.74 Å². The molecule has 0 spiro atoms. The fourth-order valence-electron chi connectivity index (χ4n) is 1.66. The molecule has 1 aromatic carbocycles. The molecule has 21 heavy (non-hydrogen) atoms. The average molecular weight is 284 g/mol. The Balaban J connectivity index is 2.34. The highest BCUT2D eigenvalue weighted by Crippen LogP contribution is 2.21. The zero-order valence-corrected chi connectivity index (χ0v) is 12.1. The summed E-state index contributed by atoms with van der Waals surface area (Å²) in [7, 11) is 1.72. The molecule has 0 aliphatic heterocycles. The summed E-state index contributed by atoms with van der Waals surface area (Å²) in [6, 6.07) is 7.72. The first kappa shape index (κ1) is 14.5. The number of aryl methyl sites for hydroxylation is 1. The summed E-state index contributed by atoms with van der Waals surface area (Å²) in [6.45, 7) is 4.26. The van der Waals surface area contributed by atoms with Gasteiger partial charge in [-0.25, -0.2) is 0 Å². The summed E-state index contributed by atoms with van der Waals surface area (Å²) in [5.74, 6) is 0.765. The van der Waals surface area contributed by atoms with Gasteiger partial charge in [-0.15, -0.1) is 0 Å². The molecule has 0 unspecified atom stereocenters. The third kappa shape index (κ3) is 3.57. The number of hydrogen-bond acceptors (Lipinski definition) is 7. The van der Waals surface area contributed by atoms with Crippen molar-refractivity contribution in [1.82, 2.24) is 15.0 Å². The monoisotopic (exact) mass is 284 g/mol. The first-order valence-corrected chi connectivity index (χ1v) is 6.50. The van der Waals surface area contributed by atoms with E-state index in [-0.39, 0.29) is 6.01 Å². The number of benzene rings is 1. The average Bonchev–Trinajstić information content (AvgIpc) is 2.49. The normalized spacial score (nSPS) is 9.81. The molecular formula is C14H16N6O. The van der Waals surface area contributed by atoms with Crippen molar-refractivity contribution in [1.29, 1.82) is 5.26 Å². The lowest BCUT2D eigenvalue weighted by atomic mass is 10.1. The van der Waals surface area contributed by atoms with Crippen LogP contribution in [0, 0.1) is 18.3 Å². The van der Waals surface area contributed by atoms with Crippen molar-refractivity contribution >= 4 is 17.6 Å². The molecule has 0 amide bonds. The third-order valence-corrected chi connectivity index (χ3v) is 2.73. The summed E-state index contributed by atoms with van der Waals surface area (Å²) in [5, 5.41) is 14.9. The molecule has 0 fully saturated rings. The van der Waals surface area contributed by atoms with Gasteiger partial charge in [0.15, 0.2) is 0 Å². The van der Waals surface area contributed by atoms with Gasteiger partial charge in [-0.3, -0.25) is 0 Å². The van der Waals surface area contributed by atoms with Crippen LogP contribution in [0.4, 0.5) is 17.6 Å². The summed E-state index contributed by atoms with van der Waals surface area (Å²) >= 11 is 0. The van der Waals surface area contributed by atoms with E-state index in [2.05, 4.69) is 31.7 Å². The number of anilines is 3. The van der Waals surface area contributed by atoms with Crippen LogP contribution in [-0.2, 0) is 0 Å². The largest absolute Gasteiger partial charge is 0.464 e. The van der Waals surface area contributed by atoms with Crippen LogP contribution in [0.5, 0.6) is 6.01 Å². The Hall–Kier alpha value is -2.88. The Morgan fingerprint density at radius 1 is 1.24 bits per heavy atom. The lowest BCUT2D eigenvalue weighted by Gasteiger charge is -2.10. The lowest BCUT2D eigenvalue weighted by molar-refractivity contribution is 0.312. The van der Waals surface area contributed by atoms with Crippen molar-refractivity contribution in [3.63, 3.8) is 0 Å². The molecule has 0 saturated carbocycles. The maximum atomic E-state index is 8.97. The minimum Gasteiger partial charge on any atom is -0.464 e. The SMILES string of the molecule is CCOc1nc(NC)nc(Nc2cc(C#N)ccc2C)n1. The van der Waals surface area contributed by atoms with Gasteiger partial charge in [0.25, 0.3) is 0 Å². The molecule has 2 aromatic rings. The molecule has 0 aliphatic carbocycles. The standard InChI is InChI=1S/C14H16N6O/c1-4-21-14-19-12(16-3)18-13(20-14)17-11-7-10(8-15)6-5-9(11)2/h5-7H,4H2,1-3H3,(H2,16,17,18,19,20). The Labute approximate surface area is 123 Å². The molecule has 1 heterocycles. The van der Waals surface area contributed by atoms with Gasteiger partial charge in [-0.05, 0) is 31.5 Å². The summed E-state index contributed by atoms with van der Waals surface area (Å²) < 4.78 is 5.31. The van der Waals surface area contributed by atoms with Crippen LogP contribution in [0.15, 0.2) is 18.2 Å². The first-order chi connectivity index (χ1) is 10.2. The van der Waals surface area contributed by atoms with Crippen LogP contribution in [0.2, 0.25) is 0 Å². The van der Waals surface area contributed by atoms with Crippen molar-refractivity contribution in [2.75, 3.05) is 24.3 Å². The Morgan fingerprint density at radius 2 is 2.00 bits per heavy atom. The van der Waals surface area contributed by atoms with Gasteiger partial charge in [0.1, 0.15) is 0 Å². The molecule has 0 aliphatic rings. The van der Waals surface area contributed by atoms with Crippen LogP contribution in [0.25, 0.3) is 0 Å². The number of hydrogen-bond donors (Lipinski definition) is 2. The minimum absolute atomic E-state index is 0.244. The number of aromatic nitrogens is 3. The first-order valence-electron chi connectivity index (χ1n) is 6.50. The highest BCUT2D eigenvalue weighted by atomic mass is 16.5. The van der Waals surface area contributed by atoms with E-state index in [1.807, 2.05) is 19.9 Å². The van der Waals surface area contributed by atoms with E-state index in [1.165, 1.54) is 0 Å². The molecule has 0 saturated heterocycles. The van der Waals surface area contributed by atoms with Gasteiger partial charge < -0.3 is 15.4 Å². The zero-order valence-electron chi connectivity index (χ0n) is 12.1. The lowest BCUT2D eigenvalue weighted by Crippen LogP contribution is -2.07. The predicted molar refractivity (Wildman–Crippen MR) is 79.7 cm³/mol. The molecule has 1 aromatic heterocycles. The number of nitrogens with one attached hydrogen (secondary N) is 2. The Morgan fingerprint density at radius 3 is 2.67 bits per heavy atom. The van der Waals surface area contributed by atoms with Crippen molar-refractivity contribution in [2.24, 2.45) is 0 Å². The van der Waals surface area contributed by atoms with Crippen molar-refractivity contribution in [3.05, 3.63) is 29.3 Å². The minimum atomic E-state index is 0.244. The molecule has 2 rings (SSSR count). The maximum absolute atomic E-state index is 8.97. The summed E-state index contributed by atoms with van der Waals surface area (Å²) in [6.07, 6.45) is 0.